The van der Waals surface area contributed by atoms with Crippen molar-refractivity contribution < 1.29 is 4.79 Å². The van der Waals surface area contributed by atoms with Gasteiger partial charge in [-0.3, -0.25) is 0 Å². The summed E-state index contributed by atoms with van der Waals surface area (Å²) in [5, 5.41) is 0. The molecular formula is C16H30N2O. The van der Waals surface area contributed by atoms with Gasteiger partial charge in [0, 0.05) is 26.2 Å². The Morgan fingerprint density at radius 1 is 0.842 bits per heavy atom. The van der Waals surface area contributed by atoms with Crippen molar-refractivity contribution in [2.24, 2.45) is 11.3 Å². The first-order chi connectivity index (χ1) is 8.98. The van der Waals surface area contributed by atoms with E-state index in [1.54, 1.807) is 0 Å². The maximum atomic E-state index is 12.5. The number of nitrogens with zero attached hydrogens (tertiary/aromatic N) is 2. The van der Waals surface area contributed by atoms with Crippen LogP contribution in [0.25, 0.3) is 0 Å². The fourth-order valence-corrected chi connectivity index (χ4v) is 3.44. The molecule has 0 aromatic heterocycles. The zero-order valence-electron chi connectivity index (χ0n) is 13.0. The highest BCUT2D eigenvalue weighted by molar-refractivity contribution is 5.74. The molecular weight excluding hydrogens is 236 g/mol. The number of rotatable bonds is 0. The number of hydrogen-bond donors (Lipinski definition) is 0. The average Bonchev–Trinajstić information content (AvgIpc) is 2.64. The molecule has 0 radical (unpaired) electrons. The van der Waals surface area contributed by atoms with E-state index in [-0.39, 0.29) is 0 Å². The van der Waals surface area contributed by atoms with Gasteiger partial charge in [0.25, 0.3) is 0 Å². The number of carbonyl (C=O) groups excluding carboxylic acids is 1. The lowest BCUT2D eigenvalue weighted by atomic mass is 9.77. The first-order valence-electron chi connectivity index (χ1n) is 8.02. The lowest BCUT2D eigenvalue weighted by Crippen LogP contribution is -2.45. The van der Waals surface area contributed by atoms with Crippen LogP contribution in [0.1, 0.15) is 59.3 Å². The normalized spacial score (nSPS) is 26.2. The molecule has 19 heavy (non-hydrogen) atoms. The van der Waals surface area contributed by atoms with Crippen LogP contribution in [-0.2, 0) is 0 Å². The molecule has 0 aliphatic carbocycles. The minimum atomic E-state index is 0.300. The molecule has 0 aromatic carbocycles. The summed E-state index contributed by atoms with van der Waals surface area (Å²) in [4.78, 5) is 16.7. The van der Waals surface area contributed by atoms with Gasteiger partial charge in [0.15, 0.2) is 0 Å². The lowest BCUT2D eigenvalue weighted by Gasteiger charge is -2.33. The maximum absolute atomic E-state index is 12.5. The average molecular weight is 266 g/mol. The number of hydrogen-bond acceptors (Lipinski definition) is 1. The molecule has 0 spiro atoms. The van der Waals surface area contributed by atoms with E-state index < -0.39 is 0 Å². The highest BCUT2D eigenvalue weighted by Gasteiger charge is 2.30. The molecule has 2 aliphatic heterocycles. The monoisotopic (exact) mass is 266 g/mol. The van der Waals surface area contributed by atoms with Crippen molar-refractivity contribution >= 4 is 6.03 Å². The number of carbonyl (C=O) groups is 1. The van der Waals surface area contributed by atoms with Crippen LogP contribution in [-0.4, -0.2) is 42.0 Å². The van der Waals surface area contributed by atoms with Crippen molar-refractivity contribution in [2.45, 2.75) is 59.3 Å². The minimum Gasteiger partial charge on any atom is -0.325 e. The molecule has 0 N–H and O–H groups in total. The predicted molar refractivity (Wildman–Crippen MR) is 79.2 cm³/mol. The molecule has 0 saturated carbocycles. The number of amides is 2. The van der Waals surface area contributed by atoms with E-state index in [4.69, 9.17) is 0 Å². The lowest BCUT2D eigenvalue weighted by molar-refractivity contribution is 0.142. The Morgan fingerprint density at radius 2 is 1.42 bits per heavy atom. The summed E-state index contributed by atoms with van der Waals surface area (Å²) in [6.07, 6.45) is 7.27. The second kappa shape index (κ2) is 6.15. The maximum Gasteiger partial charge on any atom is 0.319 e. The van der Waals surface area contributed by atoms with Crippen LogP contribution in [0.5, 0.6) is 0 Å². The van der Waals surface area contributed by atoms with Gasteiger partial charge in [0.1, 0.15) is 0 Å². The van der Waals surface area contributed by atoms with Crippen molar-refractivity contribution in [1.82, 2.24) is 9.80 Å². The van der Waals surface area contributed by atoms with Gasteiger partial charge >= 0.3 is 6.03 Å². The summed E-state index contributed by atoms with van der Waals surface area (Å²) in [5.74, 6) is 0.756. The van der Waals surface area contributed by atoms with Crippen LogP contribution >= 0.6 is 0 Å². The summed E-state index contributed by atoms with van der Waals surface area (Å²) in [7, 11) is 0. The smallest absolute Gasteiger partial charge is 0.319 e. The predicted octanol–water partition coefficient (Wildman–Crippen LogP) is 3.74. The van der Waals surface area contributed by atoms with Crippen LogP contribution < -0.4 is 0 Å². The van der Waals surface area contributed by atoms with Crippen molar-refractivity contribution in [3.63, 3.8) is 0 Å². The van der Waals surface area contributed by atoms with E-state index in [9.17, 15) is 4.79 Å². The van der Waals surface area contributed by atoms with Crippen LogP contribution in [0, 0.1) is 11.3 Å². The highest BCUT2D eigenvalue weighted by Crippen LogP contribution is 2.34. The zero-order chi connectivity index (χ0) is 13.9. The van der Waals surface area contributed by atoms with Crippen LogP contribution in [0.2, 0.25) is 0 Å². The minimum absolute atomic E-state index is 0.300. The molecule has 2 amide bonds. The van der Waals surface area contributed by atoms with Gasteiger partial charge in [-0.1, -0.05) is 20.8 Å². The fourth-order valence-electron chi connectivity index (χ4n) is 3.44. The number of piperidine rings is 1. The van der Waals surface area contributed by atoms with E-state index in [1.165, 1.54) is 38.5 Å². The third-order valence-electron chi connectivity index (χ3n) is 4.85. The van der Waals surface area contributed by atoms with E-state index in [2.05, 4.69) is 30.6 Å². The summed E-state index contributed by atoms with van der Waals surface area (Å²) < 4.78 is 0. The summed E-state index contributed by atoms with van der Waals surface area (Å²) in [6, 6.07) is 0.300. The van der Waals surface area contributed by atoms with E-state index in [1.807, 2.05) is 0 Å². The third kappa shape index (κ3) is 3.87. The third-order valence-corrected chi connectivity index (χ3v) is 4.85. The van der Waals surface area contributed by atoms with Crippen molar-refractivity contribution in [3.8, 4) is 0 Å². The number of urea groups is 1. The molecule has 3 heteroatoms. The van der Waals surface area contributed by atoms with Gasteiger partial charge in [0.05, 0.1) is 0 Å². The molecule has 3 nitrogen and oxygen atoms in total. The van der Waals surface area contributed by atoms with E-state index >= 15 is 0 Å². The second-order valence-electron chi connectivity index (χ2n) is 7.31. The molecule has 110 valence electrons. The molecule has 1 atom stereocenters. The standard InChI is InChI=1S/C16H30N2O/c1-16(2,3)14-8-7-12-18(13-9-14)15(19)17-10-5-4-6-11-17/h14H,4-13H2,1-3H3. The molecule has 0 aromatic rings. The highest BCUT2D eigenvalue weighted by atomic mass is 16.2. The Bertz CT molecular complexity index is 302. The van der Waals surface area contributed by atoms with Gasteiger partial charge in [-0.05, 0) is 49.9 Å². The fraction of sp³-hybridized carbons (Fsp3) is 0.938. The molecule has 2 rings (SSSR count). The Kier molecular flexibility index (Phi) is 4.75. The van der Waals surface area contributed by atoms with Gasteiger partial charge in [0.2, 0.25) is 0 Å². The molecule has 2 heterocycles. The molecule has 0 bridgehead atoms. The summed E-state index contributed by atoms with van der Waals surface area (Å²) in [6.45, 7) is 10.9. The first kappa shape index (κ1) is 14.7. The number of likely N-dealkylation sites (tertiary alicyclic amines) is 2. The van der Waals surface area contributed by atoms with Gasteiger partial charge in [-0.2, -0.15) is 0 Å². The Balaban J connectivity index is 1.89. The van der Waals surface area contributed by atoms with Crippen molar-refractivity contribution in [2.75, 3.05) is 26.2 Å². The van der Waals surface area contributed by atoms with Crippen LogP contribution in [0.3, 0.4) is 0 Å². The van der Waals surface area contributed by atoms with Gasteiger partial charge < -0.3 is 9.80 Å². The Labute approximate surface area is 118 Å². The largest absolute Gasteiger partial charge is 0.325 e. The summed E-state index contributed by atoms with van der Waals surface area (Å²) >= 11 is 0. The Hall–Kier alpha value is -0.730. The van der Waals surface area contributed by atoms with E-state index in [0.29, 0.717) is 11.4 Å². The first-order valence-corrected chi connectivity index (χ1v) is 8.02. The zero-order valence-corrected chi connectivity index (χ0v) is 13.0. The second-order valence-corrected chi connectivity index (χ2v) is 7.31. The van der Waals surface area contributed by atoms with Gasteiger partial charge in [-0.15, -0.1) is 0 Å². The van der Waals surface area contributed by atoms with Crippen molar-refractivity contribution in [1.29, 1.82) is 0 Å². The topological polar surface area (TPSA) is 23.6 Å². The molecule has 1 unspecified atom stereocenters. The quantitative estimate of drug-likeness (QED) is 0.655. The molecule has 2 aliphatic rings. The SMILES string of the molecule is CC(C)(C)C1CCCN(C(=O)N2CCCCC2)CC1. The molecule has 2 saturated heterocycles. The van der Waals surface area contributed by atoms with Crippen molar-refractivity contribution in [3.05, 3.63) is 0 Å². The summed E-state index contributed by atoms with van der Waals surface area (Å²) in [5.41, 5.74) is 0.379. The van der Waals surface area contributed by atoms with Crippen LogP contribution in [0.15, 0.2) is 0 Å². The van der Waals surface area contributed by atoms with E-state index in [0.717, 1.165) is 32.1 Å². The van der Waals surface area contributed by atoms with Crippen LogP contribution in [0.4, 0.5) is 4.79 Å². The Morgan fingerprint density at radius 3 is 2.05 bits per heavy atom. The van der Waals surface area contributed by atoms with Gasteiger partial charge in [-0.25, -0.2) is 4.79 Å². The molecule has 2 fully saturated rings.